The Morgan fingerprint density at radius 1 is 1.15 bits per heavy atom. The summed E-state index contributed by atoms with van der Waals surface area (Å²) in [6.45, 7) is 6.29. The number of hydrogen-bond acceptors (Lipinski definition) is 4. The number of ether oxygens (including phenoxy) is 2. The first kappa shape index (κ1) is 14.2. The lowest BCUT2D eigenvalue weighted by Gasteiger charge is -2.14. The Morgan fingerprint density at radius 3 is 2.60 bits per heavy atom. The molecule has 0 unspecified atom stereocenters. The molecular formula is C16H20N2O2. The molecule has 0 aliphatic heterocycles. The van der Waals surface area contributed by atoms with Crippen molar-refractivity contribution < 1.29 is 9.47 Å². The number of pyridine rings is 1. The molecule has 2 rings (SSSR count). The molecule has 0 bridgehead atoms. The summed E-state index contributed by atoms with van der Waals surface area (Å²) in [6, 6.07) is 5.75. The second kappa shape index (κ2) is 5.82. The molecule has 1 aromatic carbocycles. The van der Waals surface area contributed by atoms with E-state index in [0.29, 0.717) is 18.0 Å². The van der Waals surface area contributed by atoms with Crippen LogP contribution in [0.1, 0.15) is 22.4 Å². The molecule has 0 amide bonds. The summed E-state index contributed by atoms with van der Waals surface area (Å²) in [6.07, 6.45) is 1.80. The molecule has 0 saturated carbocycles. The van der Waals surface area contributed by atoms with Crippen LogP contribution >= 0.6 is 0 Å². The summed E-state index contributed by atoms with van der Waals surface area (Å²) in [4.78, 5) is 4.41. The minimum absolute atomic E-state index is 0.371. The molecule has 106 valence electrons. The molecule has 1 aromatic heterocycles. The van der Waals surface area contributed by atoms with Crippen molar-refractivity contribution in [2.24, 2.45) is 0 Å². The number of hydrogen-bond donors (Lipinski definition) is 1. The molecule has 20 heavy (non-hydrogen) atoms. The lowest BCUT2D eigenvalue weighted by Crippen LogP contribution is -2.05. The van der Waals surface area contributed by atoms with Crippen LogP contribution < -0.4 is 15.2 Å². The summed E-state index contributed by atoms with van der Waals surface area (Å²) in [5.41, 5.74) is 10.5. The zero-order chi connectivity index (χ0) is 14.7. The summed E-state index contributed by atoms with van der Waals surface area (Å²) in [5.74, 6) is 1.54. The number of nitrogen functional groups attached to an aromatic ring is 1. The van der Waals surface area contributed by atoms with E-state index in [4.69, 9.17) is 15.2 Å². The van der Waals surface area contributed by atoms with Gasteiger partial charge in [-0.3, -0.25) is 4.98 Å². The Bertz CT molecular complexity index is 624. The summed E-state index contributed by atoms with van der Waals surface area (Å²) >= 11 is 0. The maximum Gasteiger partial charge on any atom is 0.143 e. The van der Waals surface area contributed by atoms with Gasteiger partial charge in [0.05, 0.1) is 18.5 Å². The van der Waals surface area contributed by atoms with Crippen molar-refractivity contribution in [3.63, 3.8) is 0 Å². The van der Waals surface area contributed by atoms with Crippen LogP contribution in [0.2, 0.25) is 0 Å². The van der Waals surface area contributed by atoms with Gasteiger partial charge in [-0.05, 0) is 32.4 Å². The van der Waals surface area contributed by atoms with Crippen molar-refractivity contribution in [3.8, 4) is 11.5 Å². The minimum atomic E-state index is 0.371. The predicted octanol–water partition coefficient (Wildman–Crippen LogP) is 3.18. The fraction of sp³-hybridized carbons (Fsp3) is 0.312. The molecule has 0 radical (unpaired) electrons. The highest BCUT2D eigenvalue weighted by molar-refractivity contribution is 5.57. The largest absolute Gasteiger partial charge is 0.496 e. The number of para-hydroxylation sites is 1. The van der Waals surface area contributed by atoms with E-state index in [-0.39, 0.29) is 0 Å². The van der Waals surface area contributed by atoms with Crippen LogP contribution in [0.15, 0.2) is 24.4 Å². The molecule has 1 heterocycles. The SMILES string of the molecule is COc1c(C)cnc(COc2cccc(C)c2N)c1C. The van der Waals surface area contributed by atoms with E-state index in [1.54, 1.807) is 13.3 Å². The molecule has 0 aliphatic carbocycles. The van der Waals surface area contributed by atoms with Gasteiger partial charge in [-0.2, -0.15) is 0 Å². The Balaban J connectivity index is 2.21. The normalized spacial score (nSPS) is 10.4. The number of nitrogens with two attached hydrogens (primary N) is 1. The van der Waals surface area contributed by atoms with Gasteiger partial charge in [0.1, 0.15) is 18.1 Å². The topological polar surface area (TPSA) is 57.4 Å². The first-order valence-corrected chi connectivity index (χ1v) is 6.51. The first-order valence-electron chi connectivity index (χ1n) is 6.51. The second-order valence-corrected chi connectivity index (χ2v) is 4.82. The number of methoxy groups -OCH3 is 1. The van der Waals surface area contributed by atoms with Gasteiger partial charge in [0, 0.05) is 17.3 Å². The molecule has 2 aromatic rings. The molecule has 4 nitrogen and oxygen atoms in total. The van der Waals surface area contributed by atoms with Crippen LogP contribution in [-0.2, 0) is 6.61 Å². The van der Waals surface area contributed by atoms with Crippen molar-refractivity contribution in [3.05, 3.63) is 46.8 Å². The van der Waals surface area contributed by atoms with Gasteiger partial charge in [-0.1, -0.05) is 12.1 Å². The number of aryl methyl sites for hydroxylation is 2. The third kappa shape index (κ3) is 2.69. The standard InChI is InChI=1S/C16H20N2O2/c1-10-6-5-7-14(15(10)17)20-9-13-12(3)16(19-4)11(2)8-18-13/h5-8H,9,17H2,1-4H3. The van der Waals surface area contributed by atoms with Gasteiger partial charge in [0.25, 0.3) is 0 Å². The molecule has 0 aliphatic rings. The van der Waals surface area contributed by atoms with E-state index >= 15 is 0 Å². The third-order valence-electron chi connectivity index (χ3n) is 3.40. The smallest absolute Gasteiger partial charge is 0.143 e. The van der Waals surface area contributed by atoms with Crippen molar-refractivity contribution in [1.82, 2.24) is 4.98 Å². The Hall–Kier alpha value is -2.23. The van der Waals surface area contributed by atoms with Crippen molar-refractivity contribution in [2.45, 2.75) is 27.4 Å². The molecule has 0 fully saturated rings. The molecule has 0 saturated heterocycles. The summed E-state index contributed by atoms with van der Waals surface area (Å²) in [7, 11) is 1.67. The van der Waals surface area contributed by atoms with Gasteiger partial charge in [0.15, 0.2) is 0 Å². The van der Waals surface area contributed by atoms with E-state index in [9.17, 15) is 0 Å². The molecular weight excluding hydrogens is 252 g/mol. The number of aromatic nitrogens is 1. The van der Waals surface area contributed by atoms with Crippen LogP contribution in [0.3, 0.4) is 0 Å². The van der Waals surface area contributed by atoms with Crippen LogP contribution in [0.25, 0.3) is 0 Å². The maximum absolute atomic E-state index is 5.99. The average molecular weight is 272 g/mol. The Labute approximate surface area is 119 Å². The molecule has 0 atom stereocenters. The molecule has 4 heteroatoms. The molecule has 2 N–H and O–H groups in total. The number of rotatable bonds is 4. The Morgan fingerprint density at radius 2 is 1.90 bits per heavy atom. The number of benzene rings is 1. The highest BCUT2D eigenvalue weighted by Crippen LogP contribution is 2.27. The van der Waals surface area contributed by atoms with E-state index in [1.165, 1.54) is 0 Å². The predicted molar refractivity (Wildman–Crippen MR) is 80.2 cm³/mol. The van der Waals surface area contributed by atoms with Gasteiger partial charge in [0.2, 0.25) is 0 Å². The van der Waals surface area contributed by atoms with Gasteiger partial charge in [-0.25, -0.2) is 0 Å². The van der Waals surface area contributed by atoms with Crippen LogP contribution in [-0.4, -0.2) is 12.1 Å². The zero-order valence-electron chi connectivity index (χ0n) is 12.4. The van der Waals surface area contributed by atoms with E-state index in [2.05, 4.69) is 4.98 Å². The third-order valence-corrected chi connectivity index (χ3v) is 3.40. The van der Waals surface area contributed by atoms with E-state index < -0.39 is 0 Å². The summed E-state index contributed by atoms with van der Waals surface area (Å²) < 4.78 is 11.2. The van der Waals surface area contributed by atoms with Crippen molar-refractivity contribution >= 4 is 5.69 Å². The fourth-order valence-electron chi connectivity index (χ4n) is 2.14. The number of anilines is 1. The minimum Gasteiger partial charge on any atom is -0.496 e. The maximum atomic E-state index is 5.99. The average Bonchev–Trinajstić information content (AvgIpc) is 2.43. The first-order chi connectivity index (χ1) is 9.54. The summed E-state index contributed by atoms with van der Waals surface area (Å²) in [5, 5.41) is 0. The zero-order valence-corrected chi connectivity index (χ0v) is 12.4. The second-order valence-electron chi connectivity index (χ2n) is 4.82. The highest BCUT2D eigenvalue weighted by atomic mass is 16.5. The Kier molecular flexibility index (Phi) is 4.13. The van der Waals surface area contributed by atoms with Gasteiger partial charge >= 0.3 is 0 Å². The van der Waals surface area contributed by atoms with Crippen molar-refractivity contribution in [1.29, 1.82) is 0 Å². The quantitative estimate of drug-likeness (QED) is 0.868. The lowest BCUT2D eigenvalue weighted by molar-refractivity contribution is 0.300. The van der Waals surface area contributed by atoms with Gasteiger partial charge in [-0.15, -0.1) is 0 Å². The van der Waals surface area contributed by atoms with E-state index in [1.807, 2.05) is 39.0 Å². The lowest BCUT2D eigenvalue weighted by atomic mass is 10.1. The van der Waals surface area contributed by atoms with Crippen LogP contribution in [0, 0.1) is 20.8 Å². The monoisotopic (exact) mass is 272 g/mol. The fourth-order valence-corrected chi connectivity index (χ4v) is 2.14. The number of nitrogens with zero attached hydrogens (tertiary/aromatic N) is 1. The van der Waals surface area contributed by atoms with Gasteiger partial charge < -0.3 is 15.2 Å². The van der Waals surface area contributed by atoms with E-state index in [0.717, 1.165) is 28.1 Å². The highest BCUT2D eigenvalue weighted by Gasteiger charge is 2.11. The van der Waals surface area contributed by atoms with Crippen molar-refractivity contribution in [2.75, 3.05) is 12.8 Å². The van der Waals surface area contributed by atoms with Crippen LogP contribution in [0.4, 0.5) is 5.69 Å². The molecule has 0 spiro atoms. The van der Waals surface area contributed by atoms with Crippen LogP contribution in [0.5, 0.6) is 11.5 Å².